The highest BCUT2D eigenvalue weighted by Crippen LogP contribution is 2.22. The molecule has 128 heavy (non-hydrogen) atoms. The van der Waals surface area contributed by atoms with Crippen molar-refractivity contribution >= 4 is 112 Å². The van der Waals surface area contributed by atoms with E-state index in [9.17, 15) is 106 Å². The number of imidazole rings is 1. The van der Waals surface area contributed by atoms with Gasteiger partial charge in [-0.25, -0.2) is 4.98 Å². The molecule has 44 heteroatoms. The van der Waals surface area contributed by atoms with Gasteiger partial charge in [-0.3, -0.25) is 91.1 Å². The summed E-state index contributed by atoms with van der Waals surface area (Å²) >= 11 is 0. The number of rotatable bonds is 58. The number of H-pyrrole nitrogens is 1. The maximum Gasteiger partial charge on any atom is 0.322 e. The maximum absolute atomic E-state index is 15.0. The number of likely N-dealkylation sites (tertiary alicyclic amines) is 1. The lowest BCUT2D eigenvalue weighted by atomic mass is 9.96. The van der Waals surface area contributed by atoms with Gasteiger partial charge in [0, 0.05) is 38.4 Å². The zero-order valence-corrected chi connectivity index (χ0v) is 73.7. The van der Waals surface area contributed by atoms with Gasteiger partial charge in [-0.2, -0.15) is 0 Å². The van der Waals surface area contributed by atoms with Crippen LogP contribution in [0.4, 0.5) is 0 Å². The van der Waals surface area contributed by atoms with Crippen LogP contribution < -0.4 is 97.4 Å². The lowest BCUT2D eigenvalue weighted by Crippen LogP contribution is -2.62. The standard InChI is InChI=1S/C84H129N21O23/c1-10-47(8)70(104-74(118)54(29-30-62(87)107)96-80(124)67(88)48(9)106)83(127)100-59(39-65(111)112)78(122)95-53(27-18-20-32-86)73(117)102-69(46(6)7)82(126)103-68(45(4)5)81(125)99-57(37-51-40-89-43-92-51)76(120)97-56(36-50-24-15-12-16-25-50)75(119)98-58(38-64(109)110)77(121)94-52(26-17-19-31-85)72(116)101-60(34-44(2)3)84(128)105-33-21-28-61(105)79(123)90-41-63(108)93-55(71(115)91-42-66(113)114)35-49-22-13-11-14-23-49/h11-16,22-25,40,43-48,52-61,67-70,106H,10,17-21,26-39,41-42,85-86,88H2,1-9H3,(H2,87,107)(H,89,92)(H,90,123)(H,91,115)(H,93,108)(H,94,121)(H,95,122)(H,96,124)(H,97,120)(H,98,119)(H,99,125)(H,100,127)(H,101,116)(H,102,117)(H,103,126)(H,104,118)(H,109,110)(H,111,112)(H,113,114)/t47-,48+,52-,53-,54-,55-,56-,57-,58-,59-,60-,61-,67-,68-,69-,70-/m0/s1. The number of primary amides is 1. The fraction of sp³-hybridized carbons (Fsp3) is 0.595. The normalized spacial score (nSPS) is 15.9. The average Bonchev–Trinajstić information content (AvgIpc) is 1.65. The van der Waals surface area contributed by atoms with E-state index in [-0.39, 0.29) is 102 Å². The first-order chi connectivity index (χ1) is 60.5. The van der Waals surface area contributed by atoms with Crippen molar-refractivity contribution < 1.29 is 112 Å². The Morgan fingerprint density at radius 1 is 0.469 bits per heavy atom. The largest absolute Gasteiger partial charge is 0.481 e. The first-order valence-corrected chi connectivity index (χ1v) is 42.8. The van der Waals surface area contributed by atoms with E-state index < -0.39 is 253 Å². The summed E-state index contributed by atoms with van der Waals surface area (Å²) in [6, 6.07) is -5.08. The number of nitrogens with zero attached hydrogens (tertiary/aromatic N) is 2. The summed E-state index contributed by atoms with van der Waals surface area (Å²) in [5.74, 6) is -22.6. The number of aliphatic hydroxyl groups excluding tert-OH is 1. The van der Waals surface area contributed by atoms with Crippen molar-refractivity contribution in [3.63, 3.8) is 0 Å². The van der Waals surface area contributed by atoms with Gasteiger partial charge in [0.1, 0.15) is 91.1 Å². The molecule has 4 rings (SSSR count). The number of hydrogen-bond acceptors (Lipinski definition) is 24. The Morgan fingerprint density at radius 2 is 0.883 bits per heavy atom. The number of carboxylic acids is 3. The van der Waals surface area contributed by atoms with E-state index in [4.69, 9.17) is 28.0 Å². The Bertz CT molecular complexity index is 4240. The van der Waals surface area contributed by atoms with Crippen LogP contribution >= 0.6 is 0 Å². The first kappa shape index (κ1) is 108. The highest BCUT2D eigenvalue weighted by Gasteiger charge is 2.43. The predicted molar refractivity (Wildman–Crippen MR) is 461 cm³/mol. The summed E-state index contributed by atoms with van der Waals surface area (Å²) < 4.78 is 0. The van der Waals surface area contributed by atoms with Gasteiger partial charge in [0.25, 0.3) is 0 Å². The maximum atomic E-state index is 15.0. The van der Waals surface area contributed by atoms with E-state index in [1.807, 2.05) is 0 Å². The molecule has 1 fully saturated rings. The van der Waals surface area contributed by atoms with Gasteiger partial charge in [-0.1, -0.05) is 122 Å². The van der Waals surface area contributed by atoms with Crippen molar-refractivity contribution in [3.8, 4) is 0 Å². The minimum atomic E-state index is -1.98. The third-order valence-corrected chi connectivity index (χ3v) is 21.1. The second-order valence-electron chi connectivity index (χ2n) is 32.8. The van der Waals surface area contributed by atoms with Gasteiger partial charge in [-0.05, 0) is 119 Å². The molecule has 2 aromatic carbocycles. The van der Waals surface area contributed by atoms with Crippen LogP contribution in [-0.4, -0.2) is 271 Å². The van der Waals surface area contributed by atoms with Crippen LogP contribution in [0.15, 0.2) is 73.2 Å². The molecule has 0 aliphatic carbocycles. The molecule has 0 spiro atoms. The van der Waals surface area contributed by atoms with E-state index in [1.54, 1.807) is 109 Å². The molecule has 0 radical (unpaired) electrons. The summed E-state index contributed by atoms with van der Waals surface area (Å²) in [5, 5.41) is 74.5. The number of aromatic amines is 1. The van der Waals surface area contributed by atoms with Crippen LogP contribution in [0.3, 0.4) is 0 Å². The van der Waals surface area contributed by atoms with Crippen molar-refractivity contribution in [2.24, 2.45) is 46.6 Å². The third-order valence-electron chi connectivity index (χ3n) is 21.1. The molecular formula is C84H129N21O23. The minimum Gasteiger partial charge on any atom is -0.481 e. The van der Waals surface area contributed by atoms with Crippen molar-refractivity contribution in [1.29, 1.82) is 0 Å². The number of unbranched alkanes of at least 4 members (excludes halogenated alkanes) is 2. The van der Waals surface area contributed by atoms with Gasteiger partial charge >= 0.3 is 17.9 Å². The number of carbonyl (C=O) groups is 19. The number of nitrogens with two attached hydrogens (primary N) is 4. The lowest BCUT2D eigenvalue weighted by molar-refractivity contribution is -0.143. The number of aliphatic hydroxyl groups is 1. The summed E-state index contributed by atoms with van der Waals surface area (Å²) in [6.07, 6.45) is -1.08. The fourth-order valence-electron chi connectivity index (χ4n) is 13.7. The monoisotopic (exact) mass is 1800 g/mol. The van der Waals surface area contributed by atoms with Crippen LogP contribution in [0.1, 0.15) is 169 Å². The number of aromatic nitrogens is 2. The van der Waals surface area contributed by atoms with Crippen LogP contribution in [0.2, 0.25) is 0 Å². The molecule has 708 valence electrons. The van der Waals surface area contributed by atoms with E-state index in [0.29, 0.717) is 30.4 Å². The molecule has 16 atom stereocenters. The molecular weight excluding hydrogens is 1670 g/mol. The molecule has 1 aliphatic rings. The van der Waals surface area contributed by atoms with Crippen LogP contribution in [0.5, 0.6) is 0 Å². The van der Waals surface area contributed by atoms with Crippen LogP contribution in [0.25, 0.3) is 0 Å². The van der Waals surface area contributed by atoms with Crippen molar-refractivity contribution in [2.75, 3.05) is 32.7 Å². The quantitative estimate of drug-likeness (QED) is 0.0236. The van der Waals surface area contributed by atoms with Crippen LogP contribution in [-0.2, 0) is 110 Å². The number of carbonyl (C=O) groups excluding carboxylic acids is 16. The van der Waals surface area contributed by atoms with Gasteiger partial charge in [0.2, 0.25) is 94.5 Å². The van der Waals surface area contributed by atoms with E-state index >= 15 is 0 Å². The Hall–Kier alpha value is -12.6. The lowest BCUT2D eigenvalue weighted by Gasteiger charge is -2.31. The number of amides is 16. The Balaban J connectivity index is 1.60. The van der Waals surface area contributed by atoms with E-state index in [0.717, 1.165) is 0 Å². The van der Waals surface area contributed by atoms with Crippen molar-refractivity contribution in [3.05, 3.63) is 90.0 Å². The number of nitrogens with one attached hydrogen (secondary N) is 15. The number of carboxylic acid groups (broad SMARTS) is 3. The molecule has 44 nitrogen and oxygen atoms in total. The smallest absolute Gasteiger partial charge is 0.322 e. The zero-order chi connectivity index (χ0) is 95.6. The van der Waals surface area contributed by atoms with E-state index in [2.05, 4.69) is 84.4 Å². The first-order valence-electron chi connectivity index (χ1n) is 42.8. The molecule has 0 unspecified atom stereocenters. The van der Waals surface area contributed by atoms with Gasteiger partial charge in [-0.15, -0.1) is 0 Å². The molecule has 0 saturated carbocycles. The van der Waals surface area contributed by atoms with E-state index in [1.165, 1.54) is 31.3 Å². The Morgan fingerprint density at radius 3 is 1.34 bits per heavy atom. The predicted octanol–water partition coefficient (Wildman–Crippen LogP) is -4.85. The number of benzene rings is 2. The SMILES string of the molecule is CC[C@H](C)[C@H](NC(=O)[C@H](CCC(N)=O)NC(=O)[C@@H](N)[C@@H](C)O)C(=O)N[C@@H](CC(=O)O)C(=O)N[C@@H](CCCCN)C(=O)N[C@H](C(=O)N[C@H](C(=O)N[C@@H](Cc1c[nH]cn1)C(=O)N[C@@H](Cc1ccccc1)C(=O)N[C@@H](CC(=O)O)C(=O)N[C@@H](CCCCN)C(=O)N[C@@H](CC(C)C)C(=O)N1CCC[C@H]1C(=O)NCC(=O)N[C@@H](Cc1ccccc1)C(=O)NCC(=O)O)C(C)C)C(C)C. The van der Waals surface area contributed by atoms with Gasteiger partial charge < -0.3 is 128 Å². The highest BCUT2D eigenvalue weighted by molar-refractivity contribution is 6.02. The van der Waals surface area contributed by atoms with Gasteiger partial charge in [0.15, 0.2) is 0 Å². The second kappa shape index (κ2) is 55.1. The summed E-state index contributed by atoms with van der Waals surface area (Å²) in [5.41, 5.74) is 24.0. The molecule has 1 aliphatic heterocycles. The molecule has 27 N–H and O–H groups in total. The average molecular weight is 1800 g/mol. The topological polar surface area (TPSA) is 710 Å². The van der Waals surface area contributed by atoms with Crippen molar-refractivity contribution in [1.82, 2.24) is 89.3 Å². The summed E-state index contributed by atoms with van der Waals surface area (Å²) in [7, 11) is 0. The number of aliphatic carboxylic acids is 3. The molecule has 3 aromatic rings. The molecule has 16 amide bonds. The Labute approximate surface area is 741 Å². The Kier molecular flexibility index (Phi) is 46.4. The van der Waals surface area contributed by atoms with Gasteiger partial charge in [0.05, 0.1) is 37.5 Å². The summed E-state index contributed by atoms with van der Waals surface area (Å²) in [4.78, 5) is 270. The molecule has 2 heterocycles. The van der Waals surface area contributed by atoms with Crippen LogP contribution in [0, 0.1) is 23.7 Å². The second-order valence-corrected chi connectivity index (χ2v) is 32.8. The highest BCUT2D eigenvalue weighted by atomic mass is 16.4. The van der Waals surface area contributed by atoms with Crippen molar-refractivity contribution in [2.45, 2.75) is 262 Å². The minimum absolute atomic E-state index is 0.000777. The number of hydrogen-bond donors (Lipinski definition) is 23. The summed E-state index contributed by atoms with van der Waals surface area (Å²) in [6.45, 7) is 13.0. The zero-order valence-electron chi connectivity index (χ0n) is 73.7. The molecule has 1 saturated heterocycles. The molecule has 1 aromatic heterocycles. The third kappa shape index (κ3) is 37.5. The fourth-order valence-corrected chi connectivity index (χ4v) is 13.7. The molecule has 0 bridgehead atoms.